The van der Waals surface area contributed by atoms with Gasteiger partial charge >= 0.3 is 5.97 Å². The van der Waals surface area contributed by atoms with Crippen LogP contribution in [0.1, 0.15) is 75.2 Å². The minimum atomic E-state index is -1.13. The summed E-state index contributed by atoms with van der Waals surface area (Å²) in [6.45, 7) is 16.6. The van der Waals surface area contributed by atoms with Crippen LogP contribution in [0.5, 0.6) is 0 Å². The molecule has 0 aromatic rings. The third-order valence-corrected chi connectivity index (χ3v) is 8.19. The van der Waals surface area contributed by atoms with Crippen molar-refractivity contribution >= 4 is 11.8 Å². The molecule has 10 unspecified atom stereocenters. The minimum Gasteiger partial charge on any atom is -0.456 e. The van der Waals surface area contributed by atoms with E-state index in [-0.39, 0.29) is 23.5 Å². The van der Waals surface area contributed by atoms with Gasteiger partial charge in [0, 0.05) is 36.4 Å². The van der Waals surface area contributed by atoms with Gasteiger partial charge in [0.05, 0.1) is 18.3 Å². The lowest BCUT2D eigenvalue weighted by Crippen LogP contribution is -2.45. The molecule has 7 heteroatoms. The Hall–Kier alpha value is -2.32. The van der Waals surface area contributed by atoms with E-state index in [4.69, 9.17) is 9.47 Å². The van der Waals surface area contributed by atoms with Crippen LogP contribution in [0.15, 0.2) is 59.3 Å². The molecule has 3 N–H and O–H groups in total. The Labute approximate surface area is 247 Å². The van der Waals surface area contributed by atoms with Crippen molar-refractivity contribution in [1.29, 1.82) is 0 Å². The van der Waals surface area contributed by atoms with Crippen molar-refractivity contribution in [2.45, 2.75) is 106 Å². The van der Waals surface area contributed by atoms with Gasteiger partial charge in [-0.05, 0) is 51.7 Å². The number of allylic oxidation sites excluding steroid dienone is 6. The van der Waals surface area contributed by atoms with E-state index < -0.39 is 48.3 Å². The lowest BCUT2D eigenvalue weighted by atomic mass is 9.84. The average molecular weight is 575 g/mol. The molecule has 0 radical (unpaired) electrons. The Morgan fingerprint density at radius 3 is 2.39 bits per heavy atom. The molecule has 0 aromatic carbocycles. The summed E-state index contributed by atoms with van der Waals surface area (Å²) in [6, 6.07) is 0. The van der Waals surface area contributed by atoms with Crippen LogP contribution < -0.4 is 0 Å². The average Bonchev–Trinajstić information content (AvgIpc) is 2.93. The maximum absolute atomic E-state index is 13.2. The van der Waals surface area contributed by atoms with Crippen LogP contribution in [0.25, 0.3) is 0 Å². The molecule has 0 spiro atoms. The third-order valence-electron chi connectivity index (χ3n) is 8.19. The molecule has 1 aliphatic heterocycles. The summed E-state index contributed by atoms with van der Waals surface area (Å²) in [5.41, 5.74) is 2.28. The highest BCUT2D eigenvalue weighted by Crippen LogP contribution is 2.27. The quantitative estimate of drug-likeness (QED) is 0.246. The predicted molar refractivity (Wildman–Crippen MR) is 164 cm³/mol. The highest BCUT2D eigenvalue weighted by molar-refractivity contribution is 5.92. The van der Waals surface area contributed by atoms with Gasteiger partial charge in [-0.1, -0.05) is 83.1 Å². The second-order valence-electron chi connectivity index (χ2n) is 12.0. The second-order valence-corrected chi connectivity index (χ2v) is 12.0. The van der Waals surface area contributed by atoms with Gasteiger partial charge in [-0.25, -0.2) is 4.79 Å². The number of hydrogen-bond donors (Lipinski definition) is 3. The van der Waals surface area contributed by atoms with Gasteiger partial charge in [0.25, 0.3) is 0 Å². The van der Waals surface area contributed by atoms with Gasteiger partial charge in [-0.2, -0.15) is 0 Å². The SMILES string of the molecule is CCC(O)C(C)/C=C\C(=O)C(C)C(O)C(C)C1OC(=O)/C(C)=C/C(C)=C/C(C)C(O)C(C)C/C(C)=C\C=C\C1OC. The number of esters is 1. The van der Waals surface area contributed by atoms with Crippen LogP contribution >= 0.6 is 0 Å². The van der Waals surface area contributed by atoms with Crippen LogP contribution in [0.2, 0.25) is 0 Å². The van der Waals surface area contributed by atoms with E-state index in [2.05, 4.69) is 0 Å². The summed E-state index contributed by atoms with van der Waals surface area (Å²) in [4.78, 5) is 26.2. The fraction of sp³-hybridized carbons (Fsp3) is 0.647. The standard InChI is InChI=1S/C34H54O7/c1-11-28(35)22(4)15-16-29(36)26(8)32(38)27(9)33-30(40-10)14-12-13-20(2)17-23(5)31(37)24(6)18-21(3)19-25(7)34(39)41-33/h12-16,18-19,22-24,26-28,30-33,35,37-38H,11,17H2,1-10H3/b14-12+,16-15-,20-13-,21-18+,25-19+. The van der Waals surface area contributed by atoms with Gasteiger partial charge in [-0.3, -0.25) is 4.79 Å². The summed E-state index contributed by atoms with van der Waals surface area (Å²) in [5, 5.41) is 32.1. The summed E-state index contributed by atoms with van der Waals surface area (Å²) in [7, 11) is 1.51. The third kappa shape index (κ3) is 11.5. The van der Waals surface area contributed by atoms with E-state index >= 15 is 0 Å². The van der Waals surface area contributed by atoms with Crippen molar-refractivity contribution in [2.24, 2.45) is 29.6 Å². The Morgan fingerprint density at radius 1 is 1.17 bits per heavy atom. The molecular weight excluding hydrogens is 520 g/mol. The number of aliphatic hydroxyl groups excluding tert-OH is 3. The van der Waals surface area contributed by atoms with Crippen LogP contribution in [0.3, 0.4) is 0 Å². The Morgan fingerprint density at radius 2 is 1.80 bits per heavy atom. The number of aliphatic hydroxyl groups is 3. The molecular formula is C34H54O7. The van der Waals surface area contributed by atoms with Crippen LogP contribution in [-0.4, -0.2) is 64.7 Å². The van der Waals surface area contributed by atoms with Gasteiger partial charge in [0.15, 0.2) is 5.78 Å². The number of carbonyl (C=O) groups is 2. The molecule has 232 valence electrons. The molecule has 0 aromatic heterocycles. The van der Waals surface area contributed by atoms with E-state index in [1.54, 1.807) is 39.0 Å². The van der Waals surface area contributed by atoms with E-state index in [0.717, 1.165) is 11.1 Å². The predicted octanol–water partition coefficient (Wildman–Crippen LogP) is 5.51. The van der Waals surface area contributed by atoms with Crippen molar-refractivity contribution in [2.75, 3.05) is 7.11 Å². The molecule has 1 aliphatic rings. The number of ether oxygens (including phenoxy) is 2. The maximum atomic E-state index is 13.2. The number of ketones is 1. The highest BCUT2D eigenvalue weighted by atomic mass is 16.6. The molecule has 1 rings (SSSR count). The van der Waals surface area contributed by atoms with Crippen molar-refractivity contribution < 1.29 is 34.4 Å². The molecule has 7 nitrogen and oxygen atoms in total. The van der Waals surface area contributed by atoms with Crippen molar-refractivity contribution in [1.82, 2.24) is 0 Å². The van der Waals surface area contributed by atoms with Gasteiger partial charge < -0.3 is 24.8 Å². The normalized spacial score (nSPS) is 33.6. The Kier molecular flexibility index (Phi) is 15.8. The Balaban J connectivity index is 3.41. The first-order chi connectivity index (χ1) is 19.1. The van der Waals surface area contributed by atoms with E-state index in [1.807, 2.05) is 59.8 Å². The fourth-order valence-electron chi connectivity index (χ4n) is 5.23. The Bertz CT molecular complexity index is 1000. The van der Waals surface area contributed by atoms with Crippen molar-refractivity contribution in [3.05, 3.63) is 59.3 Å². The molecule has 0 saturated carbocycles. The molecule has 1 heterocycles. The first kappa shape index (κ1) is 36.7. The van der Waals surface area contributed by atoms with Crippen LogP contribution in [0.4, 0.5) is 0 Å². The smallest absolute Gasteiger partial charge is 0.334 e. The molecule has 10 atom stereocenters. The zero-order chi connectivity index (χ0) is 31.4. The van der Waals surface area contributed by atoms with Gasteiger partial charge in [0.1, 0.15) is 12.2 Å². The molecule has 0 bridgehead atoms. The van der Waals surface area contributed by atoms with Crippen molar-refractivity contribution in [3.63, 3.8) is 0 Å². The second kappa shape index (κ2) is 17.6. The number of hydrogen-bond acceptors (Lipinski definition) is 7. The number of rotatable bonds is 9. The minimum absolute atomic E-state index is 0.0316. The fourth-order valence-corrected chi connectivity index (χ4v) is 5.23. The molecule has 41 heavy (non-hydrogen) atoms. The highest BCUT2D eigenvalue weighted by Gasteiger charge is 2.37. The lowest BCUT2D eigenvalue weighted by molar-refractivity contribution is -0.158. The monoisotopic (exact) mass is 574 g/mol. The van der Waals surface area contributed by atoms with E-state index in [0.29, 0.717) is 18.4 Å². The van der Waals surface area contributed by atoms with Crippen LogP contribution in [-0.2, 0) is 19.1 Å². The maximum Gasteiger partial charge on any atom is 0.334 e. The summed E-state index contributed by atoms with van der Waals surface area (Å²) in [6.07, 6.45) is 9.82. The first-order valence-electron chi connectivity index (χ1n) is 14.8. The van der Waals surface area contributed by atoms with E-state index in [1.165, 1.54) is 13.2 Å². The van der Waals surface area contributed by atoms with E-state index in [9.17, 15) is 24.9 Å². The van der Waals surface area contributed by atoms with Crippen molar-refractivity contribution in [3.8, 4) is 0 Å². The lowest BCUT2D eigenvalue weighted by Gasteiger charge is -2.33. The zero-order valence-electron chi connectivity index (χ0n) is 26.7. The first-order valence-corrected chi connectivity index (χ1v) is 14.8. The summed E-state index contributed by atoms with van der Waals surface area (Å²) in [5.74, 6) is -2.52. The molecule has 0 aliphatic carbocycles. The van der Waals surface area contributed by atoms with Gasteiger partial charge in [0.2, 0.25) is 0 Å². The zero-order valence-corrected chi connectivity index (χ0v) is 26.7. The number of methoxy groups -OCH3 is 1. The van der Waals surface area contributed by atoms with Crippen LogP contribution in [0, 0.1) is 29.6 Å². The topological polar surface area (TPSA) is 113 Å². The summed E-state index contributed by atoms with van der Waals surface area (Å²) < 4.78 is 11.7. The molecule has 0 fully saturated rings. The number of cyclic esters (lactones) is 1. The number of carbonyl (C=O) groups excluding carboxylic acids is 2. The largest absolute Gasteiger partial charge is 0.456 e. The van der Waals surface area contributed by atoms with Gasteiger partial charge in [-0.15, -0.1) is 0 Å². The summed E-state index contributed by atoms with van der Waals surface area (Å²) >= 11 is 0. The molecule has 0 amide bonds. The molecule has 0 saturated heterocycles.